The van der Waals surface area contributed by atoms with Gasteiger partial charge in [0.25, 0.3) is 5.91 Å². The highest BCUT2D eigenvalue weighted by atomic mass is 35.5. The summed E-state index contributed by atoms with van der Waals surface area (Å²) in [5, 5.41) is 0. The molecule has 1 atom stereocenters. The van der Waals surface area contributed by atoms with Crippen LogP contribution in [-0.4, -0.2) is 30.4 Å². The highest BCUT2D eigenvalue weighted by Gasteiger charge is 2.21. The van der Waals surface area contributed by atoms with Gasteiger partial charge in [0.2, 0.25) is 0 Å². The van der Waals surface area contributed by atoms with E-state index in [1.807, 2.05) is 14.0 Å². The van der Waals surface area contributed by atoms with Crippen molar-refractivity contribution >= 4 is 29.7 Å². The molecule has 0 saturated carbocycles. The number of amides is 1. The molecule has 0 aliphatic heterocycles. The highest BCUT2D eigenvalue weighted by Crippen LogP contribution is 2.30. The first-order chi connectivity index (χ1) is 8.13. The maximum atomic E-state index is 12.2. The summed E-state index contributed by atoms with van der Waals surface area (Å²) in [6, 6.07) is 2.18. The molecule has 1 aliphatic rings. The first-order valence-corrected chi connectivity index (χ1v) is 7.04. The number of fused-ring (bicyclic) bond motifs is 1. The van der Waals surface area contributed by atoms with E-state index in [0.29, 0.717) is 6.54 Å². The lowest BCUT2D eigenvalue weighted by molar-refractivity contribution is 0.0753. The fourth-order valence-electron chi connectivity index (χ4n) is 2.13. The first-order valence-electron chi connectivity index (χ1n) is 6.22. The summed E-state index contributed by atoms with van der Waals surface area (Å²) in [5.74, 6) is 0.113. The Morgan fingerprint density at radius 3 is 2.78 bits per heavy atom. The van der Waals surface area contributed by atoms with Crippen molar-refractivity contribution in [2.24, 2.45) is 5.73 Å². The molecule has 0 aromatic carbocycles. The Bertz CT molecular complexity index is 396. The molecule has 18 heavy (non-hydrogen) atoms. The lowest BCUT2D eigenvalue weighted by Gasteiger charge is -2.22. The van der Waals surface area contributed by atoms with Crippen LogP contribution in [0, 0.1) is 0 Å². The van der Waals surface area contributed by atoms with Gasteiger partial charge in [-0.25, -0.2) is 0 Å². The number of likely N-dealkylation sites (N-methyl/N-ethyl adjacent to an activating group) is 1. The van der Waals surface area contributed by atoms with Gasteiger partial charge in [-0.05, 0) is 44.2 Å². The molecule has 102 valence electrons. The van der Waals surface area contributed by atoms with Crippen LogP contribution in [0.3, 0.4) is 0 Å². The molecule has 1 aliphatic carbocycles. The fraction of sp³-hybridized carbons (Fsp3) is 0.615. The Morgan fingerprint density at radius 1 is 1.50 bits per heavy atom. The number of aryl methyl sites for hydroxylation is 2. The van der Waals surface area contributed by atoms with Crippen LogP contribution >= 0.6 is 23.7 Å². The summed E-state index contributed by atoms with van der Waals surface area (Å²) in [6.07, 6.45) is 4.79. The molecular weight excluding hydrogens is 268 g/mol. The Kier molecular flexibility index (Phi) is 5.63. The number of carbonyl (C=O) groups excluding carboxylic acids is 1. The van der Waals surface area contributed by atoms with Crippen molar-refractivity contribution in [1.82, 2.24) is 4.90 Å². The monoisotopic (exact) mass is 288 g/mol. The molecular formula is C13H21ClN2OS. The largest absolute Gasteiger partial charge is 0.337 e. The Balaban J connectivity index is 0.00000162. The molecule has 1 aromatic rings. The predicted octanol–water partition coefficient (Wildman–Crippen LogP) is 2.47. The summed E-state index contributed by atoms with van der Waals surface area (Å²) in [5.41, 5.74) is 6.98. The summed E-state index contributed by atoms with van der Waals surface area (Å²) in [7, 11) is 1.83. The zero-order valence-electron chi connectivity index (χ0n) is 10.9. The number of rotatable bonds is 3. The molecule has 2 rings (SSSR count). The highest BCUT2D eigenvalue weighted by molar-refractivity contribution is 7.14. The van der Waals surface area contributed by atoms with E-state index in [-0.39, 0.29) is 24.4 Å². The smallest absolute Gasteiger partial charge is 0.263 e. The van der Waals surface area contributed by atoms with Crippen LogP contribution < -0.4 is 5.73 Å². The molecule has 5 heteroatoms. The molecule has 1 heterocycles. The van der Waals surface area contributed by atoms with Crippen molar-refractivity contribution in [1.29, 1.82) is 0 Å². The van der Waals surface area contributed by atoms with E-state index in [9.17, 15) is 4.79 Å². The van der Waals surface area contributed by atoms with Crippen molar-refractivity contribution < 1.29 is 4.79 Å². The van der Waals surface area contributed by atoms with E-state index >= 15 is 0 Å². The van der Waals surface area contributed by atoms with Crippen LogP contribution in [-0.2, 0) is 12.8 Å². The van der Waals surface area contributed by atoms with Gasteiger partial charge in [0.15, 0.2) is 0 Å². The van der Waals surface area contributed by atoms with Crippen LogP contribution in [0.2, 0.25) is 0 Å². The second-order valence-electron chi connectivity index (χ2n) is 4.77. The van der Waals surface area contributed by atoms with Crippen LogP contribution in [0.15, 0.2) is 6.07 Å². The maximum absolute atomic E-state index is 12.2. The number of thiophene rings is 1. The Morgan fingerprint density at radius 2 is 2.17 bits per heavy atom. The number of carbonyl (C=O) groups is 1. The van der Waals surface area contributed by atoms with E-state index in [2.05, 4.69) is 6.07 Å². The zero-order valence-corrected chi connectivity index (χ0v) is 12.6. The second-order valence-corrected chi connectivity index (χ2v) is 5.90. The van der Waals surface area contributed by atoms with Crippen molar-refractivity contribution in [3.63, 3.8) is 0 Å². The second kappa shape index (κ2) is 6.55. The molecule has 2 N–H and O–H groups in total. The van der Waals surface area contributed by atoms with Crippen LogP contribution in [0.4, 0.5) is 0 Å². The molecule has 3 nitrogen and oxygen atoms in total. The standard InChI is InChI=1S/C13H20N2OS.ClH/c1-9(8-14)15(2)13(16)12-7-10-5-3-4-6-11(10)17-12;/h7,9H,3-6,8,14H2,1-2H3;1H. The molecule has 0 spiro atoms. The van der Waals surface area contributed by atoms with Crippen LogP contribution in [0.25, 0.3) is 0 Å². The van der Waals surface area contributed by atoms with E-state index in [1.165, 1.54) is 23.3 Å². The van der Waals surface area contributed by atoms with E-state index in [4.69, 9.17) is 5.73 Å². The van der Waals surface area contributed by atoms with Crippen molar-refractivity contribution in [2.45, 2.75) is 38.6 Å². The molecule has 1 unspecified atom stereocenters. The van der Waals surface area contributed by atoms with Gasteiger partial charge in [-0.1, -0.05) is 0 Å². The van der Waals surface area contributed by atoms with Gasteiger partial charge in [-0.3, -0.25) is 4.79 Å². The third kappa shape index (κ3) is 3.05. The molecule has 0 saturated heterocycles. The SMILES string of the molecule is CC(CN)N(C)C(=O)c1cc2c(s1)CCCC2.Cl. The number of hydrogen-bond donors (Lipinski definition) is 1. The summed E-state index contributed by atoms with van der Waals surface area (Å²) >= 11 is 1.67. The topological polar surface area (TPSA) is 46.3 Å². The van der Waals surface area contributed by atoms with Crippen LogP contribution in [0.1, 0.15) is 39.9 Å². The Labute approximate surface area is 119 Å². The average molecular weight is 289 g/mol. The summed E-state index contributed by atoms with van der Waals surface area (Å²) in [4.78, 5) is 16.3. The third-order valence-electron chi connectivity index (χ3n) is 3.53. The molecule has 1 aromatic heterocycles. The van der Waals surface area contributed by atoms with Gasteiger partial charge < -0.3 is 10.6 Å². The predicted molar refractivity (Wildman–Crippen MR) is 78.8 cm³/mol. The van der Waals surface area contributed by atoms with Gasteiger partial charge in [-0.15, -0.1) is 23.7 Å². The quantitative estimate of drug-likeness (QED) is 0.929. The molecule has 0 radical (unpaired) electrons. The van der Waals surface area contributed by atoms with E-state index in [1.54, 1.807) is 16.2 Å². The fourth-order valence-corrected chi connectivity index (χ4v) is 3.36. The molecule has 1 amide bonds. The minimum Gasteiger partial charge on any atom is -0.337 e. The number of halogens is 1. The number of nitrogens with zero attached hydrogens (tertiary/aromatic N) is 1. The lowest BCUT2D eigenvalue weighted by Crippen LogP contribution is -2.39. The third-order valence-corrected chi connectivity index (χ3v) is 4.76. The number of hydrogen-bond acceptors (Lipinski definition) is 3. The van der Waals surface area contributed by atoms with Crippen molar-refractivity contribution in [2.75, 3.05) is 13.6 Å². The Hall–Kier alpha value is -0.580. The average Bonchev–Trinajstić information content (AvgIpc) is 2.79. The maximum Gasteiger partial charge on any atom is 0.263 e. The first kappa shape index (κ1) is 15.5. The minimum absolute atomic E-state index is 0. The van der Waals surface area contributed by atoms with Crippen molar-refractivity contribution in [3.8, 4) is 0 Å². The summed E-state index contributed by atoms with van der Waals surface area (Å²) < 4.78 is 0. The van der Waals surface area contributed by atoms with Gasteiger partial charge in [-0.2, -0.15) is 0 Å². The van der Waals surface area contributed by atoms with Gasteiger partial charge in [0.05, 0.1) is 4.88 Å². The normalized spacial score (nSPS) is 15.5. The van der Waals surface area contributed by atoms with Gasteiger partial charge >= 0.3 is 0 Å². The minimum atomic E-state index is 0. The van der Waals surface area contributed by atoms with E-state index < -0.39 is 0 Å². The molecule has 0 bridgehead atoms. The van der Waals surface area contributed by atoms with Crippen molar-refractivity contribution in [3.05, 3.63) is 21.4 Å². The summed E-state index contributed by atoms with van der Waals surface area (Å²) in [6.45, 7) is 2.48. The van der Waals surface area contributed by atoms with Gasteiger partial charge in [0, 0.05) is 24.5 Å². The molecule has 0 fully saturated rings. The van der Waals surface area contributed by atoms with Gasteiger partial charge in [0.1, 0.15) is 0 Å². The van der Waals surface area contributed by atoms with E-state index in [0.717, 1.165) is 17.7 Å². The van der Waals surface area contributed by atoms with Crippen LogP contribution in [0.5, 0.6) is 0 Å². The lowest BCUT2D eigenvalue weighted by atomic mass is 9.99. The zero-order chi connectivity index (χ0) is 12.4. The number of nitrogens with two attached hydrogens (primary N) is 1.